The second-order valence-corrected chi connectivity index (χ2v) is 6.85. The predicted molar refractivity (Wildman–Crippen MR) is 98.1 cm³/mol. The van der Waals surface area contributed by atoms with Crippen LogP contribution in [0.5, 0.6) is 0 Å². The number of carbonyl (C=O) groups excluding carboxylic acids is 1. The van der Waals surface area contributed by atoms with Crippen molar-refractivity contribution in [3.05, 3.63) is 71.3 Å². The van der Waals surface area contributed by atoms with Crippen LogP contribution in [0.3, 0.4) is 0 Å². The summed E-state index contributed by atoms with van der Waals surface area (Å²) in [5, 5.41) is 0. The molecule has 3 nitrogen and oxygen atoms in total. The molecule has 1 aliphatic rings. The molecule has 0 atom stereocenters. The normalized spacial score (nSPS) is 15.5. The van der Waals surface area contributed by atoms with Crippen LogP contribution in [0, 0.1) is 6.92 Å². The van der Waals surface area contributed by atoms with Crippen LogP contribution in [-0.4, -0.2) is 18.2 Å². The van der Waals surface area contributed by atoms with Gasteiger partial charge in [0.2, 0.25) is 0 Å². The first-order chi connectivity index (χ1) is 11.4. The second-order valence-electron chi connectivity index (χ2n) is 6.85. The molecule has 0 saturated heterocycles. The van der Waals surface area contributed by atoms with Gasteiger partial charge in [-0.05, 0) is 51.5 Å². The van der Waals surface area contributed by atoms with E-state index in [0.29, 0.717) is 5.56 Å². The molecule has 0 bridgehead atoms. The number of anilines is 1. The van der Waals surface area contributed by atoms with E-state index in [9.17, 15) is 4.79 Å². The van der Waals surface area contributed by atoms with Gasteiger partial charge in [-0.3, -0.25) is 0 Å². The summed E-state index contributed by atoms with van der Waals surface area (Å²) >= 11 is 0. The Hall–Kier alpha value is -2.55. The molecule has 2 aromatic rings. The van der Waals surface area contributed by atoms with Crippen LogP contribution in [0.4, 0.5) is 5.69 Å². The Morgan fingerprint density at radius 2 is 1.71 bits per heavy atom. The fourth-order valence-electron chi connectivity index (χ4n) is 3.17. The number of nitrogens with zero attached hydrogens (tertiary/aromatic N) is 1. The van der Waals surface area contributed by atoms with Gasteiger partial charge in [0.05, 0.1) is 11.1 Å². The third-order valence-electron chi connectivity index (χ3n) is 4.50. The third-order valence-corrected chi connectivity index (χ3v) is 4.50. The van der Waals surface area contributed by atoms with E-state index >= 15 is 0 Å². The Bertz CT molecular complexity index is 788. The quantitative estimate of drug-likeness (QED) is 0.760. The molecular weight excluding hydrogens is 298 g/mol. The van der Waals surface area contributed by atoms with Crippen LogP contribution in [0.1, 0.15) is 42.3 Å². The van der Waals surface area contributed by atoms with Gasteiger partial charge in [0.1, 0.15) is 0 Å². The van der Waals surface area contributed by atoms with E-state index in [1.165, 1.54) is 11.1 Å². The lowest BCUT2D eigenvalue weighted by atomic mass is 9.89. The maximum atomic E-state index is 12.3. The van der Waals surface area contributed by atoms with Gasteiger partial charge in [0.15, 0.2) is 6.73 Å². The van der Waals surface area contributed by atoms with Crippen molar-refractivity contribution >= 4 is 17.2 Å². The topological polar surface area (TPSA) is 29.5 Å². The molecule has 0 amide bonds. The number of benzene rings is 2. The fraction of sp³-hybridized carbons (Fsp3) is 0.286. The minimum absolute atomic E-state index is 0.216. The smallest absolute Gasteiger partial charge is 0.339 e. The standard InChI is InChI=1S/C21H23NO2/c1-15-9-11-17(12-10-15)20(23)24-14-22-19-8-6-5-7-18(19)16(2)13-21(22,3)4/h5-13H,14H2,1-4H3. The number of carbonyl (C=O) groups is 1. The summed E-state index contributed by atoms with van der Waals surface area (Å²) in [6.07, 6.45) is 2.22. The molecule has 1 heterocycles. The Morgan fingerprint density at radius 3 is 2.42 bits per heavy atom. The molecule has 0 N–H and O–H groups in total. The van der Waals surface area contributed by atoms with Gasteiger partial charge < -0.3 is 9.64 Å². The summed E-state index contributed by atoms with van der Waals surface area (Å²) in [5.41, 5.74) is 5.01. The number of hydrogen-bond donors (Lipinski definition) is 0. The van der Waals surface area contributed by atoms with Crippen LogP contribution in [-0.2, 0) is 4.74 Å². The number of aryl methyl sites for hydroxylation is 1. The Kier molecular flexibility index (Phi) is 4.18. The van der Waals surface area contributed by atoms with E-state index < -0.39 is 0 Å². The van der Waals surface area contributed by atoms with Gasteiger partial charge in [-0.25, -0.2) is 4.79 Å². The van der Waals surface area contributed by atoms with Crippen LogP contribution in [0.2, 0.25) is 0 Å². The van der Waals surface area contributed by atoms with E-state index in [2.05, 4.69) is 43.9 Å². The summed E-state index contributed by atoms with van der Waals surface area (Å²) in [6.45, 7) is 8.60. The predicted octanol–water partition coefficient (Wildman–Crippen LogP) is 4.81. The lowest BCUT2D eigenvalue weighted by Crippen LogP contribution is -2.46. The Labute approximate surface area is 143 Å². The number of para-hydroxylation sites is 1. The fourth-order valence-corrected chi connectivity index (χ4v) is 3.17. The van der Waals surface area contributed by atoms with Gasteiger partial charge in [-0.2, -0.15) is 0 Å². The molecule has 24 heavy (non-hydrogen) atoms. The number of esters is 1. The highest BCUT2D eigenvalue weighted by molar-refractivity contribution is 5.89. The zero-order valence-electron chi connectivity index (χ0n) is 14.7. The van der Waals surface area contributed by atoms with Gasteiger partial charge >= 0.3 is 5.97 Å². The molecule has 1 aliphatic heterocycles. The number of rotatable bonds is 3. The average molecular weight is 321 g/mol. The lowest BCUT2D eigenvalue weighted by molar-refractivity contribution is 0.0491. The summed E-state index contributed by atoms with van der Waals surface area (Å²) in [7, 11) is 0. The van der Waals surface area contributed by atoms with Crippen molar-refractivity contribution in [3.8, 4) is 0 Å². The SMILES string of the molecule is CC1=CC(C)(C)N(COC(=O)c2ccc(C)cc2)c2ccccc21. The molecule has 0 fully saturated rings. The number of allylic oxidation sites excluding steroid dienone is 1. The van der Waals surface area contributed by atoms with E-state index in [4.69, 9.17) is 4.74 Å². The molecule has 3 rings (SSSR count). The zero-order valence-corrected chi connectivity index (χ0v) is 14.7. The van der Waals surface area contributed by atoms with E-state index in [0.717, 1.165) is 11.3 Å². The van der Waals surface area contributed by atoms with E-state index in [1.807, 2.05) is 31.2 Å². The van der Waals surface area contributed by atoms with Crippen molar-refractivity contribution in [1.29, 1.82) is 0 Å². The minimum atomic E-state index is -0.297. The molecule has 3 heteroatoms. The highest BCUT2D eigenvalue weighted by Gasteiger charge is 2.31. The summed E-state index contributed by atoms with van der Waals surface area (Å²) in [6, 6.07) is 15.7. The van der Waals surface area contributed by atoms with Crippen molar-refractivity contribution in [2.45, 2.75) is 33.2 Å². The van der Waals surface area contributed by atoms with Gasteiger partial charge in [-0.15, -0.1) is 0 Å². The molecule has 0 radical (unpaired) electrons. The number of fused-ring (bicyclic) bond motifs is 1. The monoisotopic (exact) mass is 321 g/mol. The van der Waals surface area contributed by atoms with Gasteiger partial charge in [-0.1, -0.05) is 42.0 Å². The van der Waals surface area contributed by atoms with E-state index in [1.54, 1.807) is 12.1 Å². The molecule has 0 unspecified atom stereocenters. The van der Waals surface area contributed by atoms with Crippen molar-refractivity contribution in [1.82, 2.24) is 0 Å². The molecule has 0 aromatic heterocycles. The average Bonchev–Trinajstić information content (AvgIpc) is 2.54. The van der Waals surface area contributed by atoms with Crippen LogP contribution in [0.25, 0.3) is 5.57 Å². The molecule has 0 saturated carbocycles. The first kappa shape index (κ1) is 16.3. The first-order valence-corrected chi connectivity index (χ1v) is 8.19. The maximum Gasteiger partial charge on any atom is 0.339 e. The summed E-state index contributed by atoms with van der Waals surface area (Å²) in [5.74, 6) is -0.297. The highest BCUT2D eigenvalue weighted by atomic mass is 16.5. The molecule has 2 aromatic carbocycles. The minimum Gasteiger partial charge on any atom is -0.441 e. The van der Waals surface area contributed by atoms with Crippen LogP contribution in [0.15, 0.2) is 54.6 Å². The Balaban J connectivity index is 1.81. The first-order valence-electron chi connectivity index (χ1n) is 8.19. The van der Waals surface area contributed by atoms with Crippen molar-refractivity contribution < 1.29 is 9.53 Å². The summed E-state index contributed by atoms with van der Waals surface area (Å²) in [4.78, 5) is 14.4. The highest BCUT2D eigenvalue weighted by Crippen LogP contribution is 2.38. The zero-order chi connectivity index (χ0) is 17.3. The second kappa shape index (κ2) is 6.16. The molecule has 0 aliphatic carbocycles. The summed E-state index contributed by atoms with van der Waals surface area (Å²) < 4.78 is 5.59. The molecule has 124 valence electrons. The van der Waals surface area contributed by atoms with Crippen molar-refractivity contribution in [2.75, 3.05) is 11.6 Å². The third kappa shape index (κ3) is 3.07. The molecule has 0 spiro atoms. The maximum absolute atomic E-state index is 12.3. The van der Waals surface area contributed by atoms with Crippen molar-refractivity contribution in [3.63, 3.8) is 0 Å². The number of ether oxygens (including phenoxy) is 1. The van der Waals surface area contributed by atoms with Crippen molar-refractivity contribution in [2.24, 2.45) is 0 Å². The number of hydrogen-bond acceptors (Lipinski definition) is 3. The van der Waals surface area contributed by atoms with E-state index in [-0.39, 0.29) is 18.2 Å². The molecular formula is C21H23NO2. The van der Waals surface area contributed by atoms with Crippen LogP contribution >= 0.6 is 0 Å². The Morgan fingerprint density at radius 1 is 1.04 bits per heavy atom. The van der Waals surface area contributed by atoms with Gasteiger partial charge in [0.25, 0.3) is 0 Å². The lowest BCUT2D eigenvalue weighted by Gasteiger charge is -2.42. The van der Waals surface area contributed by atoms with Gasteiger partial charge in [0, 0.05) is 11.3 Å². The van der Waals surface area contributed by atoms with Crippen LogP contribution < -0.4 is 4.90 Å². The largest absolute Gasteiger partial charge is 0.441 e.